The first-order valence-electron chi connectivity index (χ1n) is 10.3. The van der Waals surface area contributed by atoms with Gasteiger partial charge in [0.2, 0.25) is 0 Å². The molecule has 7 heteroatoms. The van der Waals surface area contributed by atoms with Crippen molar-refractivity contribution >= 4 is 11.6 Å². The number of nitriles is 1. The first kappa shape index (κ1) is 21.3. The minimum absolute atomic E-state index is 0.201. The number of methoxy groups -OCH3 is 1. The standard InChI is InChI=1S/C23H29N5O2/c1-3-25-23(26-15-18-13-20(30-2)10-11-22(18)29)27-19-8-6-12-28(16-19)21-9-5-4-7-17(21)14-24/h4-5,7,9-11,13,19,29H,3,6,8,12,15-16H2,1-2H3,(H2,25,26,27). The summed E-state index contributed by atoms with van der Waals surface area (Å²) >= 11 is 0. The normalized spacial score (nSPS) is 16.6. The maximum Gasteiger partial charge on any atom is 0.191 e. The van der Waals surface area contributed by atoms with Crippen LogP contribution in [0.1, 0.15) is 30.9 Å². The van der Waals surface area contributed by atoms with E-state index in [4.69, 9.17) is 4.74 Å². The van der Waals surface area contributed by atoms with Gasteiger partial charge in [0.05, 0.1) is 24.9 Å². The summed E-state index contributed by atoms with van der Waals surface area (Å²) in [4.78, 5) is 6.91. The van der Waals surface area contributed by atoms with Crippen LogP contribution in [0.25, 0.3) is 0 Å². The Hall–Kier alpha value is -3.40. The lowest BCUT2D eigenvalue weighted by Crippen LogP contribution is -2.51. The van der Waals surface area contributed by atoms with Crippen LogP contribution in [-0.4, -0.2) is 43.9 Å². The van der Waals surface area contributed by atoms with Crippen LogP contribution in [0.3, 0.4) is 0 Å². The fourth-order valence-corrected chi connectivity index (χ4v) is 3.65. The van der Waals surface area contributed by atoms with Crippen LogP contribution in [0.4, 0.5) is 5.69 Å². The molecule has 3 N–H and O–H groups in total. The lowest BCUT2D eigenvalue weighted by molar-refractivity contribution is 0.411. The van der Waals surface area contributed by atoms with Gasteiger partial charge in [-0.1, -0.05) is 12.1 Å². The SMILES string of the molecule is CCNC(=NCc1cc(OC)ccc1O)NC1CCCN(c2ccccc2C#N)C1. The Morgan fingerprint density at radius 3 is 2.93 bits per heavy atom. The minimum Gasteiger partial charge on any atom is -0.508 e. The van der Waals surface area contributed by atoms with Crippen molar-refractivity contribution in [2.45, 2.75) is 32.4 Å². The molecule has 1 heterocycles. The van der Waals surface area contributed by atoms with Crippen LogP contribution in [0.5, 0.6) is 11.5 Å². The van der Waals surface area contributed by atoms with Crippen molar-refractivity contribution in [1.29, 1.82) is 5.26 Å². The van der Waals surface area contributed by atoms with Crippen LogP contribution in [0.2, 0.25) is 0 Å². The molecule has 2 aromatic carbocycles. The van der Waals surface area contributed by atoms with Crippen LogP contribution < -0.4 is 20.3 Å². The number of phenols is 1. The maximum atomic E-state index is 10.1. The minimum atomic E-state index is 0.201. The van der Waals surface area contributed by atoms with Gasteiger partial charge < -0.3 is 25.4 Å². The number of benzene rings is 2. The number of nitrogens with one attached hydrogen (secondary N) is 2. The van der Waals surface area contributed by atoms with E-state index in [1.165, 1.54) is 0 Å². The molecule has 0 radical (unpaired) electrons. The number of rotatable bonds is 6. The van der Waals surface area contributed by atoms with Gasteiger partial charge in [0.1, 0.15) is 17.6 Å². The molecule has 0 bridgehead atoms. The molecule has 0 aromatic heterocycles. The van der Waals surface area contributed by atoms with Gasteiger partial charge in [0.25, 0.3) is 0 Å². The van der Waals surface area contributed by atoms with Crippen molar-refractivity contribution in [3.63, 3.8) is 0 Å². The van der Waals surface area contributed by atoms with Crippen molar-refractivity contribution in [2.75, 3.05) is 31.6 Å². The number of hydrogen-bond acceptors (Lipinski definition) is 5. The van der Waals surface area contributed by atoms with Gasteiger partial charge >= 0.3 is 0 Å². The third kappa shape index (κ3) is 5.35. The molecule has 1 fully saturated rings. The van der Waals surface area contributed by atoms with Crippen LogP contribution in [0, 0.1) is 11.3 Å². The second-order valence-electron chi connectivity index (χ2n) is 7.25. The highest BCUT2D eigenvalue weighted by Crippen LogP contribution is 2.25. The van der Waals surface area contributed by atoms with Gasteiger partial charge in [-0.05, 0) is 50.1 Å². The molecule has 0 amide bonds. The Labute approximate surface area is 178 Å². The van der Waals surface area contributed by atoms with E-state index >= 15 is 0 Å². The molecule has 1 aliphatic heterocycles. The van der Waals surface area contributed by atoms with Crippen LogP contribution in [0.15, 0.2) is 47.5 Å². The molecular formula is C23H29N5O2. The number of phenolic OH excluding ortho intramolecular Hbond substituents is 1. The zero-order chi connectivity index (χ0) is 21.3. The molecule has 1 unspecified atom stereocenters. The molecular weight excluding hydrogens is 378 g/mol. The van der Waals surface area contributed by atoms with Gasteiger partial charge in [-0.15, -0.1) is 0 Å². The Morgan fingerprint density at radius 1 is 1.33 bits per heavy atom. The summed E-state index contributed by atoms with van der Waals surface area (Å²) in [5.41, 5.74) is 2.39. The smallest absolute Gasteiger partial charge is 0.191 e. The van der Waals surface area contributed by atoms with Gasteiger partial charge in [-0.2, -0.15) is 5.26 Å². The molecule has 0 spiro atoms. The van der Waals surface area contributed by atoms with Crippen LogP contribution in [-0.2, 0) is 6.54 Å². The van der Waals surface area contributed by atoms with Crippen LogP contribution >= 0.6 is 0 Å². The molecule has 158 valence electrons. The average molecular weight is 408 g/mol. The first-order valence-corrected chi connectivity index (χ1v) is 10.3. The number of ether oxygens (including phenoxy) is 1. The first-order chi connectivity index (χ1) is 14.6. The van der Waals surface area contributed by atoms with Crippen molar-refractivity contribution in [3.8, 4) is 17.6 Å². The quantitative estimate of drug-likeness (QED) is 0.504. The number of nitrogens with zero attached hydrogens (tertiary/aromatic N) is 3. The van der Waals surface area contributed by atoms with Crippen molar-refractivity contribution in [3.05, 3.63) is 53.6 Å². The van der Waals surface area contributed by atoms with E-state index in [1.54, 1.807) is 25.3 Å². The van der Waals surface area contributed by atoms with Gasteiger partial charge in [-0.3, -0.25) is 0 Å². The zero-order valence-corrected chi connectivity index (χ0v) is 17.6. The summed E-state index contributed by atoms with van der Waals surface area (Å²) in [5.74, 6) is 1.60. The van der Waals surface area contributed by atoms with E-state index in [0.29, 0.717) is 29.4 Å². The predicted octanol–water partition coefficient (Wildman–Crippen LogP) is 3.00. The van der Waals surface area contributed by atoms with Gasteiger partial charge in [0.15, 0.2) is 5.96 Å². The second-order valence-corrected chi connectivity index (χ2v) is 7.25. The third-order valence-electron chi connectivity index (χ3n) is 5.17. The fraction of sp³-hybridized carbons (Fsp3) is 0.391. The number of anilines is 1. The summed E-state index contributed by atoms with van der Waals surface area (Å²) in [7, 11) is 1.60. The van der Waals surface area contributed by atoms with E-state index in [2.05, 4.69) is 26.6 Å². The van der Waals surface area contributed by atoms with Crippen molar-refractivity contribution < 1.29 is 9.84 Å². The van der Waals surface area contributed by atoms with Gasteiger partial charge in [0, 0.05) is 31.2 Å². The molecule has 7 nitrogen and oxygen atoms in total. The zero-order valence-electron chi connectivity index (χ0n) is 17.6. The number of aliphatic imine (C=N–C) groups is 1. The Morgan fingerprint density at radius 2 is 2.17 bits per heavy atom. The average Bonchev–Trinajstić information content (AvgIpc) is 2.78. The predicted molar refractivity (Wildman–Crippen MR) is 119 cm³/mol. The number of para-hydroxylation sites is 1. The summed E-state index contributed by atoms with van der Waals surface area (Å²) in [6, 6.07) is 15.4. The fourth-order valence-electron chi connectivity index (χ4n) is 3.65. The Kier molecular flexibility index (Phi) is 7.39. The molecule has 30 heavy (non-hydrogen) atoms. The highest BCUT2D eigenvalue weighted by molar-refractivity contribution is 5.80. The van der Waals surface area contributed by atoms with Crippen molar-refractivity contribution in [1.82, 2.24) is 10.6 Å². The summed E-state index contributed by atoms with van der Waals surface area (Å²) in [6.45, 7) is 4.84. The summed E-state index contributed by atoms with van der Waals surface area (Å²) in [6.07, 6.45) is 2.06. The molecule has 3 rings (SSSR count). The number of aromatic hydroxyl groups is 1. The molecule has 1 aliphatic rings. The lowest BCUT2D eigenvalue weighted by atomic mass is 10.0. The number of guanidine groups is 1. The Balaban J connectivity index is 1.70. The topological polar surface area (TPSA) is 92.9 Å². The maximum absolute atomic E-state index is 10.1. The summed E-state index contributed by atoms with van der Waals surface area (Å²) < 4.78 is 5.24. The molecule has 2 aromatic rings. The van der Waals surface area contributed by atoms with E-state index in [1.807, 2.05) is 31.2 Å². The lowest BCUT2D eigenvalue weighted by Gasteiger charge is -2.35. The number of hydrogen-bond donors (Lipinski definition) is 3. The molecule has 1 saturated heterocycles. The second kappa shape index (κ2) is 10.4. The largest absolute Gasteiger partial charge is 0.508 e. The third-order valence-corrected chi connectivity index (χ3v) is 5.17. The molecule has 0 saturated carbocycles. The van der Waals surface area contributed by atoms with E-state index in [9.17, 15) is 10.4 Å². The highest BCUT2D eigenvalue weighted by Gasteiger charge is 2.22. The van der Waals surface area contributed by atoms with E-state index < -0.39 is 0 Å². The highest BCUT2D eigenvalue weighted by atomic mass is 16.5. The number of piperidine rings is 1. The van der Waals surface area contributed by atoms with E-state index in [-0.39, 0.29) is 11.8 Å². The summed E-state index contributed by atoms with van der Waals surface area (Å²) in [5, 5.41) is 26.3. The van der Waals surface area contributed by atoms with Gasteiger partial charge in [-0.25, -0.2) is 4.99 Å². The van der Waals surface area contributed by atoms with Crippen molar-refractivity contribution in [2.24, 2.45) is 4.99 Å². The Bertz CT molecular complexity index is 922. The monoisotopic (exact) mass is 407 g/mol. The molecule has 1 atom stereocenters. The molecule has 0 aliphatic carbocycles. The van der Waals surface area contributed by atoms with E-state index in [0.717, 1.165) is 38.2 Å².